The number of pyridine rings is 1. The maximum Gasteiger partial charge on any atom is 0.146 e. The van der Waals surface area contributed by atoms with Crippen molar-refractivity contribution in [2.45, 2.75) is 36.0 Å². The van der Waals surface area contributed by atoms with Crippen molar-refractivity contribution in [2.75, 3.05) is 0 Å². The molecule has 0 bridgehead atoms. The Morgan fingerprint density at radius 2 is 2.27 bits per heavy atom. The van der Waals surface area contributed by atoms with Gasteiger partial charge in [-0.2, -0.15) is 0 Å². The number of aromatic nitrogens is 1. The Balaban J connectivity index is 1.85. The fourth-order valence-electron chi connectivity index (χ4n) is 1.56. The smallest absolute Gasteiger partial charge is 0.146 e. The average Bonchev–Trinajstić information content (AvgIpc) is 2.29. The summed E-state index contributed by atoms with van der Waals surface area (Å²) in [5.41, 5.74) is 0. The van der Waals surface area contributed by atoms with E-state index in [1.54, 1.807) is 27.8 Å². The van der Waals surface area contributed by atoms with Gasteiger partial charge in [0.1, 0.15) is 10.8 Å². The Morgan fingerprint density at radius 3 is 3.00 bits per heavy atom. The number of carbonyl (C=O) groups excluding carboxylic acids is 1. The van der Waals surface area contributed by atoms with Gasteiger partial charge in [0.15, 0.2) is 0 Å². The normalized spacial score (nSPS) is 21.6. The van der Waals surface area contributed by atoms with E-state index in [0.717, 1.165) is 24.3 Å². The van der Waals surface area contributed by atoms with E-state index in [1.165, 1.54) is 6.42 Å². The molecule has 1 aromatic rings. The quantitative estimate of drug-likeness (QED) is 0.757. The third kappa shape index (κ3) is 3.24. The molecule has 0 unspecified atom stereocenters. The van der Waals surface area contributed by atoms with Crippen molar-refractivity contribution >= 4 is 27.4 Å². The first kappa shape index (κ1) is 11.0. The first-order chi connectivity index (χ1) is 7.36. The highest BCUT2D eigenvalue weighted by Crippen LogP contribution is 2.37. The van der Waals surface area contributed by atoms with Gasteiger partial charge in [0.05, 0.1) is 5.25 Å². The summed E-state index contributed by atoms with van der Waals surface area (Å²) in [6.45, 7) is 0. The van der Waals surface area contributed by atoms with Gasteiger partial charge in [0, 0.05) is 12.6 Å². The molecule has 0 aromatic carbocycles. The van der Waals surface area contributed by atoms with Crippen molar-refractivity contribution in [3.63, 3.8) is 0 Å². The summed E-state index contributed by atoms with van der Waals surface area (Å²) < 4.78 is 0. The zero-order valence-corrected chi connectivity index (χ0v) is 10.0. The van der Waals surface area contributed by atoms with E-state index in [2.05, 4.69) is 4.98 Å². The zero-order chi connectivity index (χ0) is 10.5. The van der Waals surface area contributed by atoms with Crippen molar-refractivity contribution in [3.05, 3.63) is 24.4 Å². The first-order valence-corrected chi connectivity index (χ1v) is 7.34. The van der Waals surface area contributed by atoms with Crippen molar-refractivity contribution < 1.29 is 4.79 Å². The third-order valence-electron chi connectivity index (χ3n) is 2.39. The lowest BCUT2D eigenvalue weighted by molar-refractivity contribution is -0.119. The molecule has 4 heteroatoms. The minimum Gasteiger partial charge on any atom is -0.298 e. The van der Waals surface area contributed by atoms with Crippen LogP contribution in [0, 0.1) is 0 Å². The lowest BCUT2D eigenvalue weighted by Crippen LogP contribution is -2.20. The van der Waals surface area contributed by atoms with Crippen molar-refractivity contribution in [3.8, 4) is 0 Å². The molecule has 0 spiro atoms. The molecule has 1 fully saturated rings. The Bertz CT molecular complexity index is 329. The summed E-state index contributed by atoms with van der Waals surface area (Å²) in [4.78, 5) is 15.8. The highest BCUT2D eigenvalue weighted by atomic mass is 33.1. The molecule has 0 radical (unpaired) electrons. The van der Waals surface area contributed by atoms with Crippen LogP contribution in [0.5, 0.6) is 0 Å². The minimum atomic E-state index is 0.186. The number of Topliss-reactive ketones (excluding diaryl/α,β-unsaturated/α-hetero) is 1. The topological polar surface area (TPSA) is 30.0 Å². The third-order valence-corrected chi connectivity index (χ3v) is 5.12. The molecule has 1 aliphatic rings. The van der Waals surface area contributed by atoms with E-state index in [9.17, 15) is 4.79 Å². The number of nitrogens with zero attached hydrogens (tertiary/aromatic N) is 1. The van der Waals surface area contributed by atoms with Crippen LogP contribution in [0.2, 0.25) is 0 Å². The van der Waals surface area contributed by atoms with Gasteiger partial charge in [-0.15, -0.1) is 0 Å². The molecule has 1 aromatic heterocycles. The monoisotopic (exact) mass is 239 g/mol. The molecule has 2 rings (SSSR count). The molecule has 0 amide bonds. The molecule has 0 saturated heterocycles. The predicted octanol–water partition coefficient (Wildman–Crippen LogP) is 3.33. The molecule has 15 heavy (non-hydrogen) atoms. The Kier molecular flexibility index (Phi) is 4.09. The van der Waals surface area contributed by atoms with E-state index in [0.29, 0.717) is 5.78 Å². The Labute approximate surface area is 97.6 Å². The Morgan fingerprint density at radius 1 is 1.33 bits per heavy atom. The van der Waals surface area contributed by atoms with Crippen LogP contribution in [0.4, 0.5) is 0 Å². The molecular formula is C11H13NOS2. The second-order valence-electron chi connectivity index (χ2n) is 3.55. The average molecular weight is 239 g/mol. The van der Waals surface area contributed by atoms with Gasteiger partial charge in [-0.3, -0.25) is 4.79 Å². The highest BCUT2D eigenvalue weighted by Gasteiger charge is 2.22. The van der Waals surface area contributed by atoms with Crippen LogP contribution in [0.1, 0.15) is 25.7 Å². The van der Waals surface area contributed by atoms with Crippen LogP contribution >= 0.6 is 21.6 Å². The summed E-state index contributed by atoms with van der Waals surface area (Å²) >= 11 is 0. The second-order valence-corrected chi connectivity index (χ2v) is 5.97. The number of hydrogen-bond donors (Lipinski definition) is 0. The second kappa shape index (κ2) is 5.56. The van der Waals surface area contributed by atoms with Gasteiger partial charge < -0.3 is 0 Å². The maximum atomic E-state index is 11.6. The van der Waals surface area contributed by atoms with Crippen LogP contribution < -0.4 is 0 Å². The molecule has 0 N–H and O–H groups in total. The summed E-state index contributed by atoms with van der Waals surface area (Å²) in [6, 6.07) is 5.85. The number of hydrogen-bond acceptors (Lipinski definition) is 4. The predicted molar refractivity (Wildman–Crippen MR) is 64.9 cm³/mol. The van der Waals surface area contributed by atoms with Crippen LogP contribution in [-0.2, 0) is 4.79 Å². The zero-order valence-electron chi connectivity index (χ0n) is 8.39. The lowest BCUT2D eigenvalue weighted by atomic mass is 9.99. The SMILES string of the molecule is O=C1CCCC[C@@H]1SSc1ccccn1. The molecule has 0 aliphatic heterocycles. The first-order valence-electron chi connectivity index (χ1n) is 5.13. The van der Waals surface area contributed by atoms with E-state index in [4.69, 9.17) is 0 Å². The summed E-state index contributed by atoms with van der Waals surface area (Å²) in [7, 11) is 3.28. The van der Waals surface area contributed by atoms with E-state index in [-0.39, 0.29) is 5.25 Å². The standard InChI is InChI=1S/C11H13NOS2/c13-9-5-1-2-6-10(9)14-15-11-7-3-4-8-12-11/h3-4,7-8,10H,1-2,5-6H2/t10-/m0/s1. The molecule has 2 nitrogen and oxygen atoms in total. The van der Waals surface area contributed by atoms with E-state index in [1.807, 2.05) is 18.2 Å². The van der Waals surface area contributed by atoms with Gasteiger partial charge in [-0.05, 0) is 35.8 Å². The number of rotatable bonds is 3. The molecule has 1 saturated carbocycles. The molecule has 1 atom stereocenters. The van der Waals surface area contributed by atoms with Crippen LogP contribution in [0.15, 0.2) is 29.4 Å². The fourth-order valence-corrected chi connectivity index (χ4v) is 4.05. The summed E-state index contributed by atoms with van der Waals surface area (Å²) in [5.74, 6) is 0.412. The minimum absolute atomic E-state index is 0.186. The Hall–Kier alpha value is -0.480. The van der Waals surface area contributed by atoms with Crippen LogP contribution in [-0.4, -0.2) is 16.0 Å². The molecule has 80 valence electrons. The van der Waals surface area contributed by atoms with Gasteiger partial charge >= 0.3 is 0 Å². The number of carbonyl (C=O) groups is 1. The fraction of sp³-hybridized carbons (Fsp3) is 0.455. The van der Waals surface area contributed by atoms with Gasteiger partial charge in [-0.25, -0.2) is 4.98 Å². The molecule has 1 aliphatic carbocycles. The summed E-state index contributed by atoms with van der Waals surface area (Å²) in [6.07, 6.45) is 5.84. The largest absolute Gasteiger partial charge is 0.298 e. The van der Waals surface area contributed by atoms with E-state index < -0.39 is 0 Å². The summed E-state index contributed by atoms with van der Waals surface area (Å²) in [5, 5.41) is 1.17. The maximum absolute atomic E-state index is 11.6. The van der Waals surface area contributed by atoms with Crippen molar-refractivity contribution in [1.29, 1.82) is 0 Å². The molecule has 1 heterocycles. The number of ketones is 1. The highest BCUT2D eigenvalue weighted by molar-refractivity contribution is 8.77. The van der Waals surface area contributed by atoms with Crippen LogP contribution in [0.3, 0.4) is 0 Å². The van der Waals surface area contributed by atoms with Gasteiger partial charge in [0.25, 0.3) is 0 Å². The van der Waals surface area contributed by atoms with Gasteiger partial charge in [0.2, 0.25) is 0 Å². The van der Waals surface area contributed by atoms with Gasteiger partial charge in [-0.1, -0.05) is 23.3 Å². The van der Waals surface area contributed by atoms with Crippen molar-refractivity contribution in [2.24, 2.45) is 0 Å². The molecular weight excluding hydrogens is 226 g/mol. The van der Waals surface area contributed by atoms with E-state index >= 15 is 0 Å². The van der Waals surface area contributed by atoms with Crippen molar-refractivity contribution in [1.82, 2.24) is 4.98 Å². The van der Waals surface area contributed by atoms with Crippen LogP contribution in [0.25, 0.3) is 0 Å². The lowest BCUT2D eigenvalue weighted by Gasteiger charge is -2.18.